The lowest BCUT2D eigenvalue weighted by Crippen LogP contribution is -2.34. The van der Waals surface area contributed by atoms with E-state index < -0.39 is 0 Å². The van der Waals surface area contributed by atoms with Gasteiger partial charge in [-0.05, 0) is 37.7 Å². The van der Waals surface area contributed by atoms with Crippen LogP contribution in [0.2, 0.25) is 0 Å². The van der Waals surface area contributed by atoms with Crippen LogP contribution in [0.25, 0.3) is 0 Å². The molecular weight excluding hydrogens is 266 g/mol. The Balaban J connectivity index is 1.74. The van der Waals surface area contributed by atoms with Gasteiger partial charge < -0.3 is 4.90 Å². The van der Waals surface area contributed by atoms with Gasteiger partial charge in [-0.25, -0.2) is 0 Å². The Hall–Kier alpha value is -0.960. The van der Waals surface area contributed by atoms with Crippen molar-refractivity contribution in [3.63, 3.8) is 0 Å². The summed E-state index contributed by atoms with van der Waals surface area (Å²) in [7, 11) is 0. The van der Waals surface area contributed by atoms with Gasteiger partial charge in [0.2, 0.25) is 5.91 Å². The Kier molecular flexibility index (Phi) is 5.96. The summed E-state index contributed by atoms with van der Waals surface area (Å²) in [5, 5.41) is 0. The Morgan fingerprint density at radius 3 is 2.85 bits per heavy atom. The standard InChI is InChI=1S/C17H25NOS/c1-3-9-18(11-15-7-8-15)17(19)13-20-12-16-6-4-5-14(2)10-16/h4-6,10,15H,3,7-9,11-13H2,1-2H3. The number of hydrogen-bond acceptors (Lipinski definition) is 2. The van der Waals surface area contributed by atoms with Crippen LogP contribution in [-0.2, 0) is 10.5 Å². The maximum absolute atomic E-state index is 12.3. The maximum atomic E-state index is 12.3. The molecule has 0 bridgehead atoms. The zero-order chi connectivity index (χ0) is 14.4. The molecule has 0 heterocycles. The van der Waals surface area contributed by atoms with Crippen molar-refractivity contribution in [2.24, 2.45) is 5.92 Å². The predicted octanol–water partition coefficient (Wildman–Crippen LogP) is 3.88. The van der Waals surface area contributed by atoms with E-state index in [9.17, 15) is 4.79 Å². The molecule has 0 saturated heterocycles. The summed E-state index contributed by atoms with van der Waals surface area (Å²) in [5.41, 5.74) is 2.60. The van der Waals surface area contributed by atoms with Crippen LogP contribution in [0, 0.1) is 12.8 Å². The second-order valence-corrected chi connectivity index (χ2v) is 6.75. The monoisotopic (exact) mass is 291 g/mol. The number of nitrogens with zero attached hydrogens (tertiary/aromatic N) is 1. The van der Waals surface area contributed by atoms with Gasteiger partial charge in [-0.2, -0.15) is 0 Å². The summed E-state index contributed by atoms with van der Waals surface area (Å²) >= 11 is 1.73. The minimum absolute atomic E-state index is 0.316. The first-order valence-corrected chi connectivity index (χ1v) is 8.75. The number of carbonyl (C=O) groups is 1. The molecule has 1 amide bonds. The molecule has 1 aromatic carbocycles. The molecule has 3 heteroatoms. The molecule has 0 N–H and O–H groups in total. The molecule has 1 saturated carbocycles. The second kappa shape index (κ2) is 7.72. The van der Waals surface area contributed by atoms with Crippen LogP contribution >= 0.6 is 11.8 Å². The fourth-order valence-electron chi connectivity index (χ4n) is 2.35. The molecule has 1 aromatic rings. The van der Waals surface area contributed by atoms with Crippen LogP contribution in [0.3, 0.4) is 0 Å². The van der Waals surface area contributed by atoms with Crippen molar-refractivity contribution in [3.05, 3.63) is 35.4 Å². The van der Waals surface area contributed by atoms with Gasteiger partial charge in [-0.15, -0.1) is 11.8 Å². The summed E-state index contributed by atoms with van der Waals surface area (Å²) in [6.07, 6.45) is 3.68. The van der Waals surface area contributed by atoms with Gasteiger partial charge >= 0.3 is 0 Å². The highest BCUT2D eigenvalue weighted by atomic mass is 32.2. The molecule has 110 valence electrons. The average molecular weight is 291 g/mol. The molecule has 0 unspecified atom stereocenters. The fraction of sp³-hybridized carbons (Fsp3) is 0.588. The summed E-state index contributed by atoms with van der Waals surface area (Å²) in [5.74, 6) is 2.64. The van der Waals surface area contributed by atoms with E-state index in [2.05, 4.69) is 43.0 Å². The van der Waals surface area contributed by atoms with Crippen LogP contribution in [0.5, 0.6) is 0 Å². The second-order valence-electron chi connectivity index (χ2n) is 5.76. The lowest BCUT2D eigenvalue weighted by Gasteiger charge is -2.21. The average Bonchev–Trinajstić information content (AvgIpc) is 3.22. The third-order valence-corrected chi connectivity index (χ3v) is 4.59. The number of aryl methyl sites for hydroxylation is 1. The number of hydrogen-bond donors (Lipinski definition) is 0. The lowest BCUT2D eigenvalue weighted by molar-refractivity contribution is -0.128. The van der Waals surface area contributed by atoms with Crippen LogP contribution in [0.15, 0.2) is 24.3 Å². The first-order chi connectivity index (χ1) is 9.69. The van der Waals surface area contributed by atoms with E-state index in [1.165, 1.54) is 24.0 Å². The molecule has 0 radical (unpaired) electrons. The minimum atomic E-state index is 0.316. The van der Waals surface area contributed by atoms with Crippen molar-refractivity contribution in [2.45, 2.75) is 38.9 Å². The van der Waals surface area contributed by atoms with Crippen LogP contribution in [-0.4, -0.2) is 29.6 Å². The quantitative estimate of drug-likeness (QED) is 0.724. The van der Waals surface area contributed by atoms with Crippen molar-refractivity contribution < 1.29 is 4.79 Å². The molecule has 1 fully saturated rings. The molecule has 2 nitrogen and oxygen atoms in total. The minimum Gasteiger partial charge on any atom is -0.342 e. The molecule has 0 aromatic heterocycles. The van der Waals surface area contributed by atoms with E-state index in [1.807, 2.05) is 0 Å². The lowest BCUT2D eigenvalue weighted by atomic mass is 10.2. The molecule has 1 aliphatic carbocycles. The van der Waals surface area contributed by atoms with Crippen LogP contribution < -0.4 is 0 Å². The molecule has 20 heavy (non-hydrogen) atoms. The molecule has 0 aliphatic heterocycles. The highest BCUT2D eigenvalue weighted by molar-refractivity contribution is 7.99. The van der Waals surface area contributed by atoms with Crippen molar-refractivity contribution in [1.82, 2.24) is 4.90 Å². The predicted molar refractivity (Wildman–Crippen MR) is 86.9 cm³/mol. The van der Waals surface area contributed by atoms with E-state index in [-0.39, 0.29) is 0 Å². The highest BCUT2D eigenvalue weighted by Gasteiger charge is 2.26. The Bertz CT molecular complexity index is 442. The number of thioether (sulfide) groups is 1. The van der Waals surface area contributed by atoms with Crippen molar-refractivity contribution in [1.29, 1.82) is 0 Å². The van der Waals surface area contributed by atoms with E-state index >= 15 is 0 Å². The largest absolute Gasteiger partial charge is 0.342 e. The van der Waals surface area contributed by atoms with Gasteiger partial charge in [0.15, 0.2) is 0 Å². The maximum Gasteiger partial charge on any atom is 0.232 e. The normalized spacial score (nSPS) is 14.3. The number of rotatable bonds is 8. The Labute approximate surface area is 126 Å². The highest BCUT2D eigenvalue weighted by Crippen LogP contribution is 2.30. The first kappa shape index (κ1) is 15.4. The third kappa shape index (κ3) is 5.20. The number of benzene rings is 1. The van der Waals surface area contributed by atoms with E-state index in [4.69, 9.17) is 0 Å². The van der Waals surface area contributed by atoms with E-state index in [1.54, 1.807) is 11.8 Å². The summed E-state index contributed by atoms with van der Waals surface area (Å²) < 4.78 is 0. The smallest absolute Gasteiger partial charge is 0.232 e. The number of carbonyl (C=O) groups excluding carboxylic acids is 1. The topological polar surface area (TPSA) is 20.3 Å². The van der Waals surface area contributed by atoms with Crippen LogP contribution in [0.1, 0.15) is 37.3 Å². The Morgan fingerprint density at radius 1 is 1.40 bits per heavy atom. The number of amides is 1. The first-order valence-electron chi connectivity index (χ1n) is 7.60. The van der Waals surface area contributed by atoms with Gasteiger partial charge in [0.05, 0.1) is 5.75 Å². The Morgan fingerprint density at radius 2 is 2.20 bits per heavy atom. The van der Waals surface area contributed by atoms with Gasteiger partial charge in [0.25, 0.3) is 0 Å². The van der Waals surface area contributed by atoms with Crippen molar-refractivity contribution >= 4 is 17.7 Å². The third-order valence-electron chi connectivity index (χ3n) is 3.60. The summed E-state index contributed by atoms with van der Waals surface area (Å²) in [6, 6.07) is 8.53. The fourth-order valence-corrected chi connectivity index (χ4v) is 3.22. The van der Waals surface area contributed by atoms with Crippen molar-refractivity contribution in [2.75, 3.05) is 18.8 Å². The van der Waals surface area contributed by atoms with Crippen molar-refractivity contribution in [3.8, 4) is 0 Å². The molecule has 2 rings (SSSR count). The molecular formula is C17H25NOS. The molecule has 1 aliphatic rings. The van der Waals surface area contributed by atoms with E-state index in [0.29, 0.717) is 11.7 Å². The molecule has 0 spiro atoms. The molecule has 0 atom stereocenters. The zero-order valence-electron chi connectivity index (χ0n) is 12.6. The van der Waals surface area contributed by atoms with Gasteiger partial charge in [0, 0.05) is 18.8 Å². The summed E-state index contributed by atoms with van der Waals surface area (Å²) in [6.45, 7) is 6.16. The zero-order valence-corrected chi connectivity index (χ0v) is 13.4. The van der Waals surface area contributed by atoms with Gasteiger partial charge in [-0.1, -0.05) is 36.8 Å². The van der Waals surface area contributed by atoms with Gasteiger partial charge in [-0.3, -0.25) is 4.79 Å². The van der Waals surface area contributed by atoms with Crippen LogP contribution in [0.4, 0.5) is 0 Å². The summed E-state index contributed by atoms with van der Waals surface area (Å²) in [4.78, 5) is 14.3. The van der Waals surface area contributed by atoms with E-state index in [0.717, 1.165) is 31.2 Å². The SMILES string of the molecule is CCCN(CC1CC1)C(=O)CSCc1cccc(C)c1. The van der Waals surface area contributed by atoms with Gasteiger partial charge in [0.1, 0.15) is 0 Å².